The molecule has 194 valence electrons. The predicted molar refractivity (Wildman–Crippen MR) is 140 cm³/mol. The fourth-order valence-electron chi connectivity index (χ4n) is 4.30. The molecule has 10 heteroatoms. The third kappa shape index (κ3) is 5.65. The second kappa shape index (κ2) is 11.1. The molecule has 2 amide bonds. The van der Waals surface area contributed by atoms with E-state index in [1.165, 1.54) is 12.1 Å². The SMILES string of the molecule is O=C(O)c1ccc(CNC(=O)c2cccc3nc(C(=O)NCc4cccc(N5CCOCC5)c4)cn23)cc1. The quantitative estimate of drug-likeness (QED) is 0.331. The van der Waals surface area contributed by atoms with Gasteiger partial charge in [-0.2, -0.15) is 0 Å². The van der Waals surface area contributed by atoms with Crippen molar-refractivity contribution in [2.45, 2.75) is 13.1 Å². The van der Waals surface area contributed by atoms with Gasteiger partial charge in [-0.15, -0.1) is 0 Å². The normalized spacial score (nSPS) is 13.3. The van der Waals surface area contributed by atoms with Crippen molar-refractivity contribution in [1.82, 2.24) is 20.0 Å². The van der Waals surface area contributed by atoms with Gasteiger partial charge < -0.3 is 25.4 Å². The Morgan fingerprint density at radius 1 is 0.868 bits per heavy atom. The summed E-state index contributed by atoms with van der Waals surface area (Å²) in [5, 5.41) is 14.8. The van der Waals surface area contributed by atoms with Gasteiger partial charge in [-0.05, 0) is 47.5 Å². The third-order valence-electron chi connectivity index (χ3n) is 6.35. The van der Waals surface area contributed by atoms with E-state index in [1.807, 2.05) is 12.1 Å². The van der Waals surface area contributed by atoms with Crippen LogP contribution in [0.2, 0.25) is 0 Å². The number of carboxylic acids is 1. The minimum absolute atomic E-state index is 0.180. The van der Waals surface area contributed by atoms with Crippen LogP contribution in [0, 0.1) is 0 Å². The standard InChI is InChI=1S/C28H27N5O5/c34-26(29-17-20-3-1-4-22(15-20)32-11-13-38-14-12-32)23-18-33-24(5-2-6-25(33)31-23)27(35)30-16-19-7-9-21(10-8-19)28(36)37/h1-10,15,18H,11-14,16-17H2,(H,29,34)(H,30,35)(H,36,37). The third-order valence-corrected chi connectivity index (χ3v) is 6.35. The van der Waals surface area contributed by atoms with Gasteiger partial charge >= 0.3 is 5.97 Å². The van der Waals surface area contributed by atoms with E-state index in [4.69, 9.17) is 9.84 Å². The van der Waals surface area contributed by atoms with Crippen LogP contribution in [-0.4, -0.2) is 58.6 Å². The molecule has 10 nitrogen and oxygen atoms in total. The Balaban J connectivity index is 1.23. The number of carboxylic acid groups (broad SMARTS) is 1. The summed E-state index contributed by atoms with van der Waals surface area (Å²) in [6.45, 7) is 3.65. The number of morpholine rings is 1. The molecule has 1 aliphatic rings. The molecule has 3 heterocycles. The fourth-order valence-corrected chi connectivity index (χ4v) is 4.30. The van der Waals surface area contributed by atoms with Gasteiger partial charge in [-0.1, -0.05) is 30.3 Å². The minimum Gasteiger partial charge on any atom is -0.478 e. The highest BCUT2D eigenvalue weighted by Gasteiger charge is 2.16. The zero-order valence-corrected chi connectivity index (χ0v) is 20.6. The molecule has 38 heavy (non-hydrogen) atoms. The average Bonchev–Trinajstić information content (AvgIpc) is 3.40. The maximum atomic E-state index is 12.9. The second-order valence-corrected chi connectivity index (χ2v) is 8.90. The monoisotopic (exact) mass is 513 g/mol. The molecular weight excluding hydrogens is 486 g/mol. The van der Waals surface area contributed by atoms with Crippen LogP contribution in [0.3, 0.4) is 0 Å². The average molecular weight is 514 g/mol. The Morgan fingerprint density at radius 3 is 2.34 bits per heavy atom. The van der Waals surface area contributed by atoms with Gasteiger partial charge in [-0.3, -0.25) is 14.0 Å². The summed E-state index contributed by atoms with van der Waals surface area (Å²) in [5.74, 6) is -1.69. The van der Waals surface area contributed by atoms with Crippen molar-refractivity contribution < 1.29 is 24.2 Å². The van der Waals surface area contributed by atoms with Crippen molar-refractivity contribution in [1.29, 1.82) is 0 Å². The summed E-state index contributed by atoms with van der Waals surface area (Å²) in [4.78, 5) is 43.4. The smallest absolute Gasteiger partial charge is 0.335 e. The minimum atomic E-state index is -1.01. The summed E-state index contributed by atoms with van der Waals surface area (Å²) < 4.78 is 7.00. The number of benzene rings is 2. The molecule has 2 aromatic carbocycles. The van der Waals surface area contributed by atoms with Gasteiger partial charge in [0, 0.05) is 38.1 Å². The van der Waals surface area contributed by atoms with E-state index in [-0.39, 0.29) is 29.6 Å². The lowest BCUT2D eigenvalue weighted by atomic mass is 10.1. The zero-order chi connectivity index (χ0) is 26.5. The Bertz CT molecular complexity index is 1470. The van der Waals surface area contributed by atoms with Gasteiger partial charge in [0.2, 0.25) is 0 Å². The molecule has 0 aliphatic carbocycles. The molecule has 1 saturated heterocycles. The molecule has 4 aromatic rings. The highest BCUT2D eigenvalue weighted by atomic mass is 16.5. The Morgan fingerprint density at radius 2 is 1.58 bits per heavy atom. The van der Waals surface area contributed by atoms with Crippen molar-refractivity contribution in [3.8, 4) is 0 Å². The molecule has 5 rings (SSSR count). The Kier molecular flexibility index (Phi) is 7.32. The molecule has 1 aliphatic heterocycles. The maximum absolute atomic E-state index is 12.9. The predicted octanol–water partition coefficient (Wildman–Crippen LogP) is 2.73. The largest absolute Gasteiger partial charge is 0.478 e. The molecule has 0 unspecified atom stereocenters. The number of hydrogen-bond donors (Lipinski definition) is 3. The Labute approximate surface area is 218 Å². The van der Waals surface area contributed by atoms with Gasteiger partial charge in [-0.25, -0.2) is 9.78 Å². The number of aromatic nitrogens is 2. The lowest BCUT2D eigenvalue weighted by Gasteiger charge is -2.29. The first-order valence-electron chi connectivity index (χ1n) is 12.3. The summed E-state index contributed by atoms with van der Waals surface area (Å²) in [6.07, 6.45) is 1.55. The summed E-state index contributed by atoms with van der Waals surface area (Å²) in [5.41, 5.74) is 4.03. The van der Waals surface area contributed by atoms with Crippen molar-refractivity contribution >= 4 is 29.1 Å². The molecular formula is C28H27N5O5. The van der Waals surface area contributed by atoms with E-state index in [1.54, 1.807) is 40.9 Å². The number of fused-ring (bicyclic) bond motifs is 1. The maximum Gasteiger partial charge on any atom is 0.335 e. The lowest BCUT2D eigenvalue weighted by Crippen LogP contribution is -2.36. The lowest BCUT2D eigenvalue weighted by molar-refractivity contribution is 0.0696. The number of pyridine rings is 1. The first kappa shape index (κ1) is 25.0. The van der Waals surface area contributed by atoms with Crippen LogP contribution in [-0.2, 0) is 17.8 Å². The van der Waals surface area contributed by atoms with E-state index in [0.29, 0.717) is 31.1 Å². The molecule has 0 spiro atoms. The van der Waals surface area contributed by atoms with Crippen LogP contribution in [0.15, 0.2) is 72.9 Å². The molecule has 2 aromatic heterocycles. The number of carbonyl (C=O) groups is 3. The van der Waals surface area contributed by atoms with E-state index < -0.39 is 5.97 Å². The van der Waals surface area contributed by atoms with Crippen LogP contribution < -0.4 is 15.5 Å². The second-order valence-electron chi connectivity index (χ2n) is 8.90. The van der Waals surface area contributed by atoms with Gasteiger partial charge in [0.05, 0.1) is 18.8 Å². The van der Waals surface area contributed by atoms with E-state index in [2.05, 4.69) is 32.7 Å². The molecule has 0 saturated carbocycles. The molecule has 0 bridgehead atoms. The van der Waals surface area contributed by atoms with Crippen molar-refractivity contribution in [3.63, 3.8) is 0 Å². The number of nitrogens with one attached hydrogen (secondary N) is 2. The summed E-state index contributed by atoms with van der Waals surface area (Å²) in [7, 11) is 0. The van der Waals surface area contributed by atoms with Crippen LogP contribution >= 0.6 is 0 Å². The topological polar surface area (TPSA) is 125 Å². The number of amides is 2. The first-order chi connectivity index (χ1) is 18.5. The molecule has 1 fully saturated rings. The highest BCUT2D eigenvalue weighted by molar-refractivity contribution is 5.95. The number of aromatic carboxylic acids is 1. The van der Waals surface area contributed by atoms with Crippen molar-refractivity contribution in [3.05, 3.63) is 101 Å². The van der Waals surface area contributed by atoms with Crippen LogP contribution in [0.5, 0.6) is 0 Å². The number of rotatable bonds is 8. The zero-order valence-electron chi connectivity index (χ0n) is 20.6. The van der Waals surface area contributed by atoms with Crippen molar-refractivity contribution in [2.75, 3.05) is 31.2 Å². The van der Waals surface area contributed by atoms with Crippen molar-refractivity contribution in [2.24, 2.45) is 0 Å². The fraction of sp³-hybridized carbons (Fsp3) is 0.214. The summed E-state index contributed by atoms with van der Waals surface area (Å²) >= 11 is 0. The molecule has 0 atom stereocenters. The number of carbonyl (C=O) groups excluding carboxylic acids is 2. The summed E-state index contributed by atoms with van der Waals surface area (Å²) in [6, 6.07) is 19.4. The number of hydrogen-bond acceptors (Lipinski definition) is 6. The van der Waals surface area contributed by atoms with E-state index >= 15 is 0 Å². The number of nitrogens with zero attached hydrogens (tertiary/aromatic N) is 3. The van der Waals surface area contributed by atoms with Gasteiger partial charge in [0.15, 0.2) is 0 Å². The van der Waals surface area contributed by atoms with E-state index in [0.717, 1.165) is 29.9 Å². The number of ether oxygens (including phenoxy) is 1. The molecule has 3 N–H and O–H groups in total. The number of imidazole rings is 1. The van der Waals surface area contributed by atoms with Gasteiger partial charge in [0.25, 0.3) is 11.8 Å². The van der Waals surface area contributed by atoms with Crippen LogP contribution in [0.1, 0.15) is 42.5 Å². The van der Waals surface area contributed by atoms with Crippen LogP contribution in [0.4, 0.5) is 5.69 Å². The highest BCUT2D eigenvalue weighted by Crippen LogP contribution is 2.18. The number of anilines is 1. The van der Waals surface area contributed by atoms with E-state index in [9.17, 15) is 14.4 Å². The molecule has 0 radical (unpaired) electrons. The van der Waals surface area contributed by atoms with Crippen LogP contribution in [0.25, 0.3) is 5.65 Å². The Hall–Kier alpha value is -4.70. The van der Waals surface area contributed by atoms with Gasteiger partial charge in [0.1, 0.15) is 17.0 Å². The first-order valence-corrected chi connectivity index (χ1v) is 12.3.